The molecule has 1 unspecified atom stereocenters. The van der Waals surface area contributed by atoms with Crippen molar-refractivity contribution in [2.75, 3.05) is 5.88 Å². The molecule has 0 bridgehead atoms. The van der Waals surface area contributed by atoms with E-state index in [0.717, 1.165) is 12.8 Å². The number of halogens is 1. The molecule has 0 heterocycles. The van der Waals surface area contributed by atoms with Crippen molar-refractivity contribution in [3.8, 4) is 0 Å². The first-order chi connectivity index (χ1) is 5.97. The maximum Gasteiger partial charge on any atom is 0.225 e. The highest BCUT2D eigenvalue weighted by Gasteiger charge is 2.26. The second-order valence-corrected chi connectivity index (χ2v) is 4.28. The first-order valence-corrected chi connectivity index (χ1v) is 5.38. The second-order valence-electron chi connectivity index (χ2n) is 3.97. The molecule has 0 fully saturated rings. The molecule has 0 aliphatic carbocycles. The van der Waals surface area contributed by atoms with Gasteiger partial charge >= 0.3 is 0 Å². The van der Waals surface area contributed by atoms with E-state index in [1.54, 1.807) is 0 Å². The van der Waals surface area contributed by atoms with Crippen molar-refractivity contribution in [2.45, 2.75) is 46.6 Å². The van der Waals surface area contributed by atoms with Crippen LogP contribution in [0.4, 0.5) is 0 Å². The Kier molecular flexibility index (Phi) is 5.38. The van der Waals surface area contributed by atoms with E-state index in [4.69, 9.17) is 11.6 Å². The van der Waals surface area contributed by atoms with Gasteiger partial charge in [-0.3, -0.25) is 4.79 Å². The fourth-order valence-electron chi connectivity index (χ4n) is 0.791. The smallest absolute Gasteiger partial charge is 0.225 e. The third-order valence-electron chi connectivity index (χ3n) is 2.51. The van der Waals surface area contributed by atoms with Crippen LogP contribution >= 0.6 is 11.6 Å². The Balaban J connectivity index is 4.13. The Morgan fingerprint density at radius 2 is 2.00 bits per heavy atom. The topological polar surface area (TPSA) is 29.1 Å². The molecule has 78 valence electrons. The van der Waals surface area contributed by atoms with E-state index in [-0.39, 0.29) is 17.4 Å². The van der Waals surface area contributed by atoms with Gasteiger partial charge in [-0.1, -0.05) is 27.7 Å². The summed E-state index contributed by atoms with van der Waals surface area (Å²) in [5.74, 6) is 0.588. The van der Waals surface area contributed by atoms with Gasteiger partial charge in [-0.25, -0.2) is 0 Å². The molecule has 0 rings (SSSR count). The zero-order valence-corrected chi connectivity index (χ0v) is 9.74. The molecule has 1 N–H and O–H groups in total. The summed E-state index contributed by atoms with van der Waals surface area (Å²) in [7, 11) is 0. The quantitative estimate of drug-likeness (QED) is 0.687. The number of hydrogen-bond acceptors (Lipinski definition) is 1. The fourth-order valence-corrected chi connectivity index (χ4v) is 1.09. The van der Waals surface area contributed by atoms with Crippen molar-refractivity contribution in [1.29, 1.82) is 0 Å². The maximum atomic E-state index is 11.7. The van der Waals surface area contributed by atoms with E-state index in [0.29, 0.717) is 5.88 Å². The maximum absolute atomic E-state index is 11.7. The van der Waals surface area contributed by atoms with E-state index in [2.05, 4.69) is 5.32 Å². The number of nitrogens with one attached hydrogen (secondary N) is 1. The molecule has 0 aromatic carbocycles. The minimum absolute atomic E-state index is 0.0995. The van der Waals surface area contributed by atoms with Crippen LogP contribution in [0, 0.1) is 5.41 Å². The molecule has 0 aliphatic heterocycles. The van der Waals surface area contributed by atoms with Crippen LogP contribution in [0.3, 0.4) is 0 Å². The highest BCUT2D eigenvalue weighted by Crippen LogP contribution is 2.19. The van der Waals surface area contributed by atoms with Gasteiger partial charge in [0.1, 0.15) is 0 Å². The average Bonchev–Trinajstić information content (AvgIpc) is 2.13. The molecule has 3 heteroatoms. The molecule has 13 heavy (non-hydrogen) atoms. The molecule has 0 spiro atoms. The summed E-state index contributed by atoms with van der Waals surface area (Å²) in [6.07, 6.45) is 1.73. The summed E-state index contributed by atoms with van der Waals surface area (Å²) < 4.78 is 0. The van der Waals surface area contributed by atoms with Gasteiger partial charge in [0.15, 0.2) is 0 Å². The van der Waals surface area contributed by atoms with Crippen LogP contribution in [0.5, 0.6) is 0 Å². The predicted octanol–water partition coefficient (Wildman–Crippen LogP) is 2.56. The summed E-state index contributed by atoms with van der Waals surface area (Å²) in [5, 5.41) is 2.94. The van der Waals surface area contributed by atoms with E-state index in [9.17, 15) is 4.79 Å². The third kappa shape index (κ3) is 3.99. The van der Waals surface area contributed by atoms with Crippen LogP contribution in [-0.2, 0) is 4.79 Å². The number of carbonyl (C=O) groups excluding carboxylic acids is 1. The Labute approximate surface area is 86.0 Å². The normalized spacial score (nSPS) is 13.9. The number of rotatable bonds is 5. The molecule has 1 atom stereocenters. The highest BCUT2D eigenvalue weighted by atomic mass is 35.5. The molecule has 1 amide bonds. The molecule has 0 saturated heterocycles. The second kappa shape index (κ2) is 5.48. The van der Waals surface area contributed by atoms with Crippen molar-refractivity contribution in [1.82, 2.24) is 5.32 Å². The summed E-state index contributed by atoms with van der Waals surface area (Å²) in [6, 6.07) is 0.111. The summed E-state index contributed by atoms with van der Waals surface area (Å²) in [6.45, 7) is 7.93. The molecule has 0 aliphatic rings. The highest BCUT2D eigenvalue weighted by molar-refractivity contribution is 6.18. The lowest BCUT2D eigenvalue weighted by molar-refractivity contribution is -0.130. The Morgan fingerprint density at radius 1 is 1.46 bits per heavy atom. The van der Waals surface area contributed by atoms with Crippen molar-refractivity contribution in [3.05, 3.63) is 0 Å². The van der Waals surface area contributed by atoms with Crippen LogP contribution in [0.25, 0.3) is 0 Å². The van der Waals surface area contributed by atoms with E-state index < -0.39 is 0 Å². The van der Waals surface area contributed by atoms with E-state index >= 15 is 0 Å². The Morgan fingerprint density at radius 3 is 2.31 bits per heavy atom. The predicted molar refractivity (Wildman–Crippen MR) is 57.0 cm³/mol. The van der Waals surface area contributed by atoms with Gasteiger partial charge in [-0.15, -0.1) is 11.6 Å². The monoisotopic (exact) mass is 205 g/mol. The van der Waals surface area contributed by atoms with Crippen molar-refractivity contribution >= 4 is 17.5 Å². The van der Waals surface area contributed by atoms with Crippen molar-refractivity contribution in [2.24, 2.45) is 5.41 Å². The summed E-state index contributed by atoms with van der Waals surface area (Å²) in [4.78, 5) is 11.7. The van der Waals surface area contributed by atoms with E-state index in [1.165, 1.54) is 0 Å². The zero-order valence-electron chi connectivity index (χ0n) is 8.98. The minimum Gasteiger partial charge on any atom is -0.352 e. The fraction of sp³-hybridized carbons (Fsp3) is 0.900. The molecule has 0 aromatic rings. The van der Waals surface area contributed by atoms with Gasteiger partial charge < -0.3 is 5.32 Å². The molecular weight excluding hydrogens is 186 g/mol. The zero-order chi connectivity index (χ0) is 10.5. The van der Waals surface area contributed by atoms with Gasteiger partial charge in [0.2, 0.25) is 5.91 Å². The van der Waals surface area contributed by atoms with Gasteiger partial charge in [-0.2, -0.15) is 0 Å². The summed E-state index contributed by atoms with van der Waals surface area (Å²) >= 11 is 5.69. The van der Waals surface area contributed by atoms with E-state index in [1.807, 2.05) is 27.7 Å². The average molecular weight is 206 g/mol. The van der Waals surface area contributed by atoms with Crippen molar-refractivity contribution in [3.63, 3.8) is 0 Å². The van der Waals surface area contributed by atoms with Crippen LogP contribution in [-0.4, -0.2) is 17.8 Å². The Bertz CT molecular complexity index is 164. The minimum atomic E-state index is -0.278. The van der Waals surface area contributed by atoms with Gasteiger partial charge in [0.25, 0.3) is 0 Å². The lowest BCUT2D eigenvalue weighted by Gasteiger charge is -2.24. The molecule has 2 nitrogen and oxygen atoms in total. The lowest BCUT2D eigenvalue weighted by Crippen LogP contribution is -2.43. The van der Waals surface area contributed by atoms with Crippen LogP contribution < -0.4 is 5.32 Å². The van der Waals surface area contributed by atoms with Crippen molar-refractivity contribution < 1.29 is 4.79 Å². The molecule has 0 radical (unpaired) electrons. The third-order valence-corrected chi connectivity index (χ3v) is 2.89. The van der Waals surface area contributed by atoms with Crippen LogP contribution in [0.2, 0.25) is 0 Å². The van der Waals surface area contributed by atoms with Gasteiger partial charge in [0, 0.05) is 17.3 Å². The first kappa shape index (κ1) is 12.8. The lowest BCUT2D eigenvalue weighted by atomic mass is 9.89. The number of carbonyl (C=O) groups is 1. The van der Waals surface area contributed by atoms with Gasteiger partial charge in [0.05, 0.1) is 0 Å². The molecule has 0 saturated carbocycles. The largest absolute Gasteiger partial charge is 0.352 e. The van der Waals surface area contributed by atoms with Crippen LogP contribution in [0.15, 0.2) is 0 Å². The molecule has 0 aromatic heterocycles. The number of hydrogen-bond donors (Lipinski definition) is 1. The summed E-state index contributed by atoms with van der Waals surface area (Å²) in [5.41, 5.74) is -0.278. The van der Waals surface area contributed by atoms with Crippen LogP contribution in [0.1, 0.15) is 40.5 Å². The molecular formula is C10H20ClNO. The SMILES string of the molecule is CCC(CCl)NC(=O)C(C)(C)CC. The standard InChI is InChI=1S/C10H20ClNO/c1-5-8(7-11)12-9(13)10(3,4)6-2/h8H,5-7H2,1-4H3,(H,12,13). The van der Waals surface area contributed by atoms with Gasteiger partial charge in [-0.05, 0) is 12.8 Å². The number of amides is 1. The Hall–Kier alpha value is -0.240. The number of alkyl halides is 1. The first-order valence-electron chi connectivity index (χ1n) is 4.84.